The van der Waals surface area contributed by atoms with Crippen LogP contribution in [0.15, 0.2) is 52.1 Å². The van der Waals surface area contributed by atoms with Crippen LogP contribution >= 0.6 is 0 Å². The third kappa shape index (κ3) is 4.23. The van der Waals surface area contributed by atoms with E-state index in [0.29, 0.717) is 12.1 Å². The first kappa shape index (κ1) is 36.0. The summed E-state index contributed by atoms with van der Waals surface area (Å²) in [7, 11) is -4.52. The summed E-state index contributed by atoms with van der Waals surface area (Å²) < 4.78 is 27.1. The van der Waals surface area contributed by atoms with Crippen molar-refractivity contribution in [2.24, 2.45) is 22.7 Å². The van der Waals surface area contributed by atoms with Gasteiger partial charge in [-0.3, -0.25) is 0 Å². The van der Waals surface area contributed by atoms with Gasteiger partial charge in [0.1, 0.15) is 5.60 Å². The Hall–Kier alpha value is -1.99. The zero-order chi connectivity index (χ0) is 37.2. The molecule has 10 heteroatoms. The number of nitrogens with zero attached hydrogens (tertiary/aromatic N) is 3. The van der Waals surface area contributed by atoms with Crippen molar-refractivity contribution in [1.82, 2.24) is 13.9 Å². The fourth-order valence-electron chi connectivity index (χ4n) is 12.0. The summed E-state index contributed by atoms with van der Waals surface area (Å²) in [4.78, 5) is 30.6. The highest BCUT2D eigenvalue weighted by Crippen LogP contribution is 2.77. The lowest BCUT2D eigenvalue weighted by Gasteiger charge is -2.73. The molecular weight excluding hydrogens is 671 g/mol. The molecule has 1 aromatic heterocycles. The number of aromatic nitrogens is 3. The molecular formula is C41H63N3O5Si2. The molecule has 51 heavy (non-hydrogen) atoms. The van der Waals surface area contributed by atoms with Crippen molar-refractivity contribution in [3.8, 4) is 5.69 Å². The van der Waals surface area contributed by atoms with Crippen LogP contribution in [0.4, 0.5) is 0 Å². The van der Waals surface area contributed by atoms with Crippen LogP contribution in [-0.2, 0) is 24.7 Å². The number of fused-ring (bicyclic) bond motifs is 2. The highest BCUT2D eigenvalue weighted by molar-refractivity contribution is 6.74. The Labute approximate surface area is 307 Å². The maximum atomic E-state index is 15.3. The first-order valence-corrected chi connectivity index (χ1v) is 25.5. The lowest BCUT2D eigenvalue weighted by atomic mass is 9.40. The van der Waals surface area contributed by atoms with Crippen LogP contribution in [0.25, 0.3) is 5.69 Å². The molecule has 9 rings (SSSR count). The summed E-state index contributed by atoms with van der Waals surface area (Å²) in [5, 5.41) is 0.0259. The van der Waals surface area contributed by atoms with Crippen LogP contribution < -0.4 is 11.4 Å². The Morgan fingerprint density at radius 1 is 0.804 bits per heavy atom. The van der Waals surface area contributed by atoms with Gasteiger partial charge >= 0.3 is 11.4 Å². The average Bonchev–Trinajstić information content (AvgIpc) is 3.47. The van der Waals surface area contributed by atoms with Crippen LogP contribution in [0.2, 0.25) is 36.3 Å². The van der Waals surface area contributed by atoms with E-state index in [9.17, 15) is 0 Å². The second-order valence-electron chi connectivity index (χ2n) is 20.8. The lowest BCUT2D eigenvalue weighted by Crippen LogP contribution is -2.80. The molecule has 3 spiro atoms. The van der Waals surface area contributed by atoms with Crippen molar-refractivity contribution in [2.75, 3.05) is 0 Å². The summed E-state index contributed by atoms with van der Waals surface area (Å²) >= 11 is 0. The van der Waals surface area contributed by atoms with Crippen LogP contribution in [0.5, 0.6) is 0 Å². The van der Waals surface area contributed by atoms with Gasteiger partial charge in [-0.15, -0.1) is 0 Å². The Balaban J connectivity index is 1.42. The molecule has 1 saturated heterocycles. The first-order chi connectivity index (χ1) is 23.5. The normalized spacial score (nSPS) is 41.3. The maximum Gasteiger partial charge on any atom is 0.352 e. The van der Waals surface area contributed by atoms with Gasteiger partial charge in [-0.1, -0.05) is 85.7 Å². The highest BCUT2D eigenvalue weighted by atomic mass is 28.4. The van der Waals surface area contributed by atoms with Crippen molar-refractivity contribution in [3.05, 3.63) is 63.5 Å². The monoisotopic (exact) mass is 733 g/mol. The van der Waals surface area contributed by atoms with Crippen molar-refractivity contribution in [3.63, 3.8) is 0 Å². The SMILES string of the molecule is CC1OC12CCC1[C@@]34C=C[C@]5(C[C@@H](O[Si](C)(C)C(C)(C)C)C[C@H](O[Si](C)(C)C(C)(C)C)[C@]5(C)C3CC[C@@]12C)n1c(=O)n(-c2ccccc2)c(=O)n14. The molecule has 8 nitrogen and oxygen atoms in total. The fourth-order valence-corrected chi connectivity index (χ4v) is 14.8. The van der Waals surface area contributed by atoms with Crippen LogP contribution in [0.1, 0.15) is 101 Å². The number of rotatable bonds is 5. The van der Waals surface area contributed by atoms with Gasteiger partial charge in [0.2, 0.25) is 0 Å². The smallest absolute Gasteiger partial charge is 0.352 e. The molecule has 0 amide bonds. The van der Waals surface area contributed by atoms with Crippen molar-refractivity contribution in [2.45, 2.75) is 172 Å². The summed E-state index contributed by atoms with van der Waals surface area (Å²) in [6.07, 6.45) is 10.1. The third-order valence-electron chi connectivity index (χ3n) is 16.8. The first-order valence-electron chi connectivity index (χ1n) is 19.7. The number of hydrogen-bond acceptors (Lipinski definition) is 5. The molecule has 7 aliphatic rings. The van der Waals surface area contributed by atoms with Crippen LogP contribution in [0, 0.1) is 22.7 Å². The van der Waals surface area contributed by atoms with E-state index >= 15 is 9.59 Å². The molecule has 0 N–H and O–H groups in total. The molecule has 280 valence electrons. The number of ether oxygens (including phenoxy) is 1. The highest BCUT2D eigenvalue weighted by Gasteiger charge is 2.82. The molecule has 4 fully saturated rings. The van der Waals surface area contributed by atoms with Crippen molar-refractivity contribution in [1.29, 1.82) is 0 Å². The van der Waals surface area contributed by atoms with Gasteiger partial charge in [-0.25, -0.2) is 23.5 Å². The summed E-state index contributed by atoms with van der Waals surface area (Å²) in [5.74, 6) is 0.245. The molecule has 2 bridgehead atoms. The molecule has 3 aliphatic heterocycles. The Kier molecular flexibility index (Phi) is 7.34. The molecule has 4 unspecified atom stereocenters. The molecule has 4 heterocycles. The number of epoxide rings is 1. The van der Waals surface area contributed by atoms with Crippen LogP contribution in [-0.4, -0.2) is 54.5 Å². The number of allylic oxidation sites excluding steroid dienone is 2. The van der Waals surface area contributed by atoms with Gasteiger partial charge in [0.25, 0.3) is 0 Å². The topological polar surface area (TPSA) is 79.9 Å². The number of benzene rings is 1. The largest absolute Gasteiger partial charge is 0.414 e. The van der Waals surface area contributed by atoms with Gasteiger partial charge in [0.05, 0.1) is 35.1 Å². The summed E-state index contributed by atoms with van der Waals surface area (Å²) in [5.41, 5.74) is -2.10. The van der Waals surface area contributed by atoms with Gasteiger partial charge in [0, 0.05) is 17.3 Å². The van der Waals surface area contributed by atoms with Gasteiger partial charge in [-0.05, 0) is 99.3 Å². The van der Waals surface area contributed by atoms with E-state index in [0.717, 1.165) is 32.1 Å². The molecule has 1 aromatic carbocycles. The number of para-hydroxylation sites is 1. The Morgan fingerprint density at radius 3 is 1.96 bits per heavy atom. The van der Waals surface area contributed by atoms with E-state index in [2.05, 4.69) is 101 Å². The zero-order valence-electron chi connectivity index (χ0n) is 33.6. The van der Waals surface area contributed by atoms with Gasteiger partial charge < -0.3 is 13.6 Å². The van der Waals surface area contributed by atoms with E-state index in [1.54, 1.807) is 0 Å². The minimum Gasteiger partial charge on any atom is -0.414 e. The summed E-state index contributed by atoms with van der Waals surface area (Å²) in [6.45, 7) is 30.3. The van der Waals surface area contributed by atoms with Gasteiger partial charge in [0.15, 0.2) is 16.6 Å². The quantitative estimate of drug-likeness (QED) is 0.175. The molecule has 0 radical (unpaired) electrons. The minimum atomic E-state index is -2.31. The second-order valence-corrected chi connectivity index (χ2v) is 30.4. The lowest BCUT2D eigenvalue weighted by molar-refractivity contribution is -0.233. The predicted molar refractivity (Wildman–Crippen MR) is 208 cm³/mol. The maximum absolute atomic E-state index is 15.3. The van der Waals surface area contributed by atoms with E-state index in [1.165, 1.54) is 4.57 Å². The van der Waals surface area contributed by atoms with E-state index in [4.69, 9.17) is 13.6 Å². The van der Waals surface area contributed by atoms with Crippen LogP contribution in [0.3, 0.4) is 0 Å². The Morgan fingerprint density at radius 2 is 1.37 bits per heavy atom. The molecule has 3 saturated carbocycles. The summed E-state index contributed by atoms with van der Waals surface area (Å²) in [6, 6.07) is 9.54. The fraction of sp³-hybridized carbons (Fsp3) is 0.756. The molecule has 4 aliphatic carbocycles. The average molecular weight is 734 g/mol. The molecule has 2 aromatic rings. The number of hydrogen-bond donors (Lipinski definition) is 0. The Bertz CT molecular complexity index is 1920. The minimum absolute atomic E-state index is 0.00293. The van der Waals surface area contributed by atoms with E-state index in [-0.39, 0.29) is 62.6 Å². The predicted octanol–water partition coefficient (Wildman–Crippen LogP) is 8.34. The zero-order valence-corrected chi connectivity index (χ0v) is 35.6. The van der Waals surface area contributed by atoms with E-state index < -0.39 is 33.1 Å². The third-order valence-corrected chi connectivity index (χ3v) is 25.8. The van der Waals surface area contributed by atoms with Crippen molar-refractivity contribution >= 4 is 16.6 Å². The van der Waals surface area contributed by atoms with Gasteiger partial charge in [-0.2, -0.15) is 0 Å². The molecule has 10 atom stereocenters. The second kappa shape index (κ2) is 10.4. The van der Waals surface area contributed by atoms with Crippen molar-refractivity contribution < 1.29 is 13.6 Å². The standard InChI is InChI=1S/C41H63N3O5Si2/c1-27-41(47-27)22-20-30-37(41,8)21-19-31-38(9)32(49-51(12,13)36(5,6)7)25-29(48-50(10,11)35(2,3)4)26-39(38)23-24-40(30,31)44-34(46)42(33(45)43(39)44)28-17-15-14-16-18-28/h14-18,23-24,27,29-32H,19-22,25-26H2,1-13H3/t27?,29-,30?,31?,32-,37-,38-,39+,40-,41?/m0/s1. The van der Waals surface area contributed by atoms with E-state index in [1.807, 2.05) is 39.7 Å².